The lowest BCUT2D eigenvalue weighted by atomic mass is 9.83. The summed E-state index contributed by atoms with van der Waals surface area (Å²) in [5.74, 6) is 0.836. The van der Waals surface area contributed by atoms with Gasteiger partial charge in [0.1, 0.15) is 0 Å². The van der Waals surface area contributed by atoms with Gasteiger partial charge in [0.15, 0.2) is 6.61 Å². The average Bonchev–Trinajstić information content (AvgIpc) is 2.91. The summed E-state index contributed by atoms with van der Waals surface area (Å²) in [7, 11) is 0. The lowest BCUT2D eigenvalue weighted by Gasteiger charge is -2.32. The number of nitrogens with zero attached hydrogens (tertiary/aromatic N) is 3. The summed E-state index contributed by atoms with van der Waals surface area (Å²) in [5, 5.41) is 3.22. The molecule has 1 fully saturated rings. The summed E-state index contributed by atoms with van der Waals surface area (Å²) >= 11 is 0. The number of halogens is 2. The number of ether oxygens (including phenoxy) is 1. The van der Waals surface area contributed by atoms with E-state index in [0.29, 0.717) is 11.5 Å². The van der Waals surface area contributed by atoms with Crippen LogP contribution < -0.4 is 10.1 Å². The molecule has 0 unspecified atom stereocenters. The summed E-state index contributed by atoms with van der Waals surface area (Å²) in [5.41, 5.74) is 4.22. The second kappa shape index (κ2) is 12.9. The first-order valence-corrected chi connectivity index (χ1v) is 13.1. The van der Waals surface area contributed by atoms with Crippen molar-refractivity contribution >= 4 is 23.9 Å². The van der Waals surface area contributed by atoms with Crippen molar-refractivity contribution in [1.82, 2.24) is 15.2 Å². The van der Waals surface area contributed by atoms with Gasteiger partial charge in [-0.1, -0.05) is 24.8 Å². The zero-order valence-corrected chi connectivity index (χ0v) is 21.5. The number of carbonyl (C=O) groups excluding carboxylic acids is 1. The van der Waals surface area contributed by atoms with Crippen LogP contribution in [0.15, 0.2) is 41.9 Å². The Bertz CT molecular complexity index is 1110. The normalized spacial score (nSPS) is 20.1. The van der Waals surface area contributed by atoms with Gasteiger partial charge in [0, 0.05) is 42.5 Å². The van der Waals surface area contributed by atoms with Crippen LogP contribution in [0.5, 0.6) is 5.88 Å². The number of aromatic nitrogens is 1. The molecule has 6 nitrogen and oxygen atoms in total. The van der Waals surface area contributed by atoms with Crippen LogP contribution in [0.2, 0.25) is 0 Å². The third-order valence-electron chi connectivity index (χ3n) is 7.31. The summed E-state index contributed by atoms with van der Waals surface area (Å²) < 4.78 is 30.0. The van der Waals surface area contributed by atoms with E-state index in [2.05, 4.69) is 26.8 Å². The molecule has 1 aliphatic heterocycles. The van der Waals surface area contributed by atoms with Gasteiger partial charge in [-0.2, -0.15) is 0 Å². The number of aliphatic imine (C=N–C) groups is 1. The maximum Gasteiger partial charge on any atom is 0.272 e. The maximum absolute atomic E-state index is 13.0. The minimum absolute atomic E-state index is 0.0668. The van der Waals surface area contributed by atoms with Gasteiger partial charge >= 0.3 is 0 Å². The summed E-state index contributed by atoms with van der Waals surface area (Å²) in [4.78, 5) is 24.2. The lowest BCUT2D eigenvalue weighted by Crippen LogP contribution is -2.38. The molecule has 8 heteroatoms. The lowest BCUT2D eigenvalue weighted by molar-refractivity contribution is 0.0792. The Hall–Kier alpha value is -3.13. The number of pyridine rings is 1. The van der Waals surface area contributed by atoms with Crippen LogP contribution in [0.1, 0.15) is 66.2 Å². The minimum atomic E-state index is -2.51. The second-order valence-corrected chi connectivity index (χ2v) is 9.79. The van der Waals surface area contributed by atoms with Crippen molar-refractivity contribution < 1.29 is 18.3 Å². The van der Waals surface area contributed by atoms with Gasteiger partial charge in [0.05, 0.1) is 11.4 Å². The van der Waals surface area contributed by atoms with Gasteiger partial charge in [0.25, 0.3) is 12.3 Å². The third-order valence-corrected chi connectivity index (χ3v) is 7.31. The highest BCUT2D eigenvalue weighted by Crippen LogP contribution is 2.29. The van der Waals surface area contributed by atoms with Crippen molar-refractivity contribution in [3.05, 3.63) is 59.3 Å². The fourth-order valence-corrected chi connectivity index (χ4v) is 5.30. The number of nitrogens with one attached hydrogen (secondary N) is 1. The molecule has 2 aliphatic rings. The molecule has 1 aromatic carbocycles. The van der Waals surface area contributed by atoms with Crippen molar-refractivity contribution in [1.29, 1.82) is 0 Å². The predicted octanol–water partition coefficient (Wildman–Crippen LogP) is 5.83. The summed E-state index contributed by atoms with van der Waals surface area (Å²) in [6, 6.07) is 9.37. The van der Waals surface area contributed by atoms with Crippen molar-refractivity contribution in [2.45, 2.75) is 64.5 Å². The van der Waals surface area contributed by atoms with E-state index in [1.54, 1.807) is 18.4 Å². The molecule has 0 saturated heterocycles. The molecule has 4 rings (SSSR count). The van der Waals surface area contributed by atoms with E-state index in [9.17, 15) is 13.6 Å². The molecule has 0 spiro atoms. The van der Waals surface area contributed by atoms with E-state index in [1.807, 2.05) is 31.2 Å². The molecule has 2 aromatic rings. The second-order valence-electron chi connectivity index (χ2n) is 9.79. The summed E-state index contributed by atoms with van der Waals surface area (Å²) in [6.45, 7) is 7.77. The Balaban J connectivity index is 1.23. The zero-order chi connectivity index (χ0) is 26.2. The topological polar surface area (TPSA) is 66.8 Å². The first-order valence-electron chi connectivity index (χ1n) is 13.1. The fraction of sp³-hybridized carbons (Fsp3) is 0.483. The molecule has 198 valence electrons. The van der Waals surface area contributed by atoms with Crippen molar-refractivity contribution in [2.24, 2.45) is 10.9 Å². The first kappa shape index (κ1) is 26.9. The van der Waals surface area contributed by atoms with E-state index in [4.69, 9.17) is 4.74 Å². The Morgan fingerprint density at radius 3 is 2.81 bits per heavy atom. The van der Waals surface area contributed by atoms with E-state index >= 15 is 0 Å². The number of hydrogen-bond acceptors (Lipinski definition) is 5. The van der Waals surface area contributed by atoms with Gasteiger partial charge in [-0.25, -0.2) is 13.8 Å². The molecule has 2 heterocycles. The van der Waals surface area contributed by atoms with Gasteiger partial charge in [-0.05, 0) is 75.6 Å². The maximum atomic E-state index is 13.0. The molecule has 1 saturated carbocycles. The highest BCUT2D eigenvalue weighted by atomic mass is 19.3. The molecule has 1 aromatic heterocycles. The van der Waals surface area contributed by atoms with Crippen LogP contribution in [0.4, 0.5) is 14.5 Å². The van der Waals surface area contributed by atoms with Crippen LogP contribution in [-0.2, 0) is 13.0 Å². The largest absolute Gasteiger partial charge is 0.472 e. The zero-order valence-electron chi connectivity index (χ0n) is 21.5. The molecule has 37 heavy (non-hydrogen) atoms. The molecule has 0 bridgehead atoms. The number of rotatable bonds is 10. The number of amides is 1. The average molecular weight is 511 g/mol. The van der Waals surface area contributed by atoms with E-state index in [-0.39, 0.29) is 17.8 Å². The van der Waals surface area contributed by atoms with Crippen LogP contribution >= 0.6 is 0 Å². The summed E-state index contributed by atoms with van der Waals surface area (Å²) in [6.07, 6.45) is 7.05. The highest BCUT2D eigenvalue weighted by molar-refractivity contribution is 5.99. The molecule has 1 aliphatic carbocycles. The molecule has 0 radical (unpaired) electrons. The number of fused-ring (bicyclic) bond motifs is 1. The van der Waals surface area contributed by atoms with E-state index in [1.165, 1.54) is 5.56 Å². The van der Waals surface area contributed by atoms with Gasteiger partial charge in [-0.15, -0.1) is 0 Å². The Morgan fingerprint density at radius 1 is 1.27 bits per heavy atom. The Kier molecular flexibility index (Phi) is 9.39. The fourth-order valence-electron chi connectivity index (χ4n) is 5.30. The van der Waals surface area contributed by atoms with Gasteiger partial charge < -0.3 is 10.1 Å². The molecule has 0 atom stereocenters. The van der Waals surface area contributed by atoms with Gasteiger partial charge in [0.2, 0.25) is 5.88 Å². The molecule has 1 N–H and O–H groups in total. The SMILES string of the molecule is C=Cc1c(N=CC)cccc1C(=O)NC1CCC(CCN2CCc3ccc(OCC(F)F)nc3C2)CC1. The first-order chi connectivity index (χ1) is 18.0. The molecular formula is C29H36F2N4O2. The Morgan fingerprint density at radius 2 is 2.08 bits per heavy atom. The smallest absolute Gasteiger partial charge is 0.272 e. The van der Waals surface area contributed by atoms with Gasteiger partial charge in [-0.3, -0.25) is 14.7 Å². The van der Waals surface area contributed by atoms with E-state index in [0.717, 1.165) is 75.1 Å². The monoisotopic (exact) mass is 510 g/mol. The van der Waals surface area contributed by atoms with E-state index < -0.39 is 13.0 Å². The Labute approximate surface area is 217 Å². The van der Waals surface area contributed by atoms with Crippen molar-refractivity contribution in [3.63, 3.8) is 0 Å². The number of benzene rings is 1. The third kappa shape index (κ3) is 7.22. The predicted molar refractivity (Wildman–Crippen MR) is 143 cm³/mol. The molecule has 1 amide bonds. The van der Waals surface area contributed by atoms with Crippen LogP contribution in [-0.4, -0.2) is 54.2 Å². The number of carbonyl (C=O) groups is 1. The highest BCUT2D eigenvalue weighted by Gasteiger charge is 2.25. The minimum Gasteiger partial charge on any atom is -0.472 e. The van der Waals surface area contributed by atoms with Crippen molar-refractivity contribution in [2.75, 3.05) is 19.7 Å². The number of alkyl halides is 2. The quantitative estimate of drug-likeness (QED) is 0.409. The number of hydrogen-bond donors (Lipinski definition) is 1. The van der Waals surface area contributed by atoms with Crippen LogP contribution in [0.25, 0.3) is 6.08 Å². The van der Waals surface area contributed by atoms with Crippen molar-refractivity contribution in [3.8, 4) is 5.88 Å². The standard InChI is InChI=1S/C29H36F2N4O2/c1-3-23-24(6-5-7-25(23)32-4-2)29(36)33-22-11-8-20(9-12-22)14-16-35-17-15-21-10-13-28(34-26(21)18-35)37-19-27(30)31/h3-7,10,13,20,22,27H,1,8-9,11-12,14-19H2,2H3,(H,33,36). The van der Waals surface area contributed by atoms with Crippen LogP contribution in [0.3, 0.4) is 0 Å². The molecular weight excluding hydrogens is 474 g/mol. The van der Waals surface area contributed by atoms with Crippen LogP contribution in [0, 0.1) is 5.92 Å².